The van der Waals surface area contributed by atoms with Gasteiger partial charge >= 0.3 is 11.3 Å². The Labute approximate surface area is 297 Å². The summed E-state index contributed by atoms with van der Waals surface area (Å²) in [5, 5.41) is 4.02. The molecule has 0 saturated heterocycles. The van der Waals surface area contributed by atoms with Crippen LogP contribution in [-0.2, 0) is 19.3 Å². The van der Waals surface area contributed by atoms with Crippen molar-refractivity contribution in [3.63, 3.8) is 0 Å². The summed E-state index contributed by atoms with van der Waals surface area (Å²) in [6.45, 7) is 2.30. The third kappa shape index (κ3) is 13.6. The first-order chi connectivity index (χ1) is 23.9. The lowest BCUT2D eigenvalue weighted by molar-refractivity contribution is -2.00. The maximum atomic E-state index is 8.49. The molecule has 0 unspecified atom stereocenters. The Kier molecular flexibility index (Phi) is 17.3. The van der Waals surface area contributed by atoms with E-state index in [9.17, 15) is 0 Å². The van der Waals surface area contributed by atoms with Gasteiger partial charge in [0.1, 0.15) is 0 Å². The minimum absolute atomic E-state index is 1.04. The van der Waals surface area contributed by atoms with Crippen molar-refractivity contribution < 1.29 is 33.3 Å². The molecule has 268 valence electrons. The molecule has 0 spiro atoms. The molecule has 0 radical (unpaired) electrons. The van der Waals surface area contributed by atoms with Gasteiger partial charge in [-0.25, -0.2) is 23.1 Å². The summed E-state index contributed by atoms with van der Waals surface area (Å²) in [4.78, 5) is 0. The van der Waals surface area contributed by atoms with E-state index in [4.69, 9.17) is 23.1 Å². The highest BCUT2D eigenvalue weighted by Gasteiger charge is 2.31. The fraction of sp³-hybridized carbons (Fsp3) is 0.558. The van der Waals surface area contributed by atoms with E-state index in [-0.39, 0.29) is 0 Å². The number of halogens is 1. The monoisotopic (exact) mass is 690 g/mol. The minimum Gasteiger partial charge on any atom is -0.222 e. The van der Waals surface area contributed by atoms with Crippen molar-refractivity contribution >= 4 is 21.7 Å². The van der Waals surface area contributed by atoms with E-state index in [2.05, 4.69) is 67.6 Å². The molecular formula is C43H59ClO5. The number of fused-ring (bicyclic) bond motifs is 6. The van der Waals surface area contributed by atoms with Crippen LogP contribution in [0.5, 0.6) is 0 Å². The molecule has 5 nitrogen and oxygen atoms in total. The molecule has 0 aliphatic heterocycles. The van der Waals surface area contributed by atoms with Gasteiger partial charge in [-0.05, 0) is 59.7 Å². The van der Waals surface area contributed by atoms with Crippen LogP contribution in [0.4, 0.5) is 0 Å². The second-order valence-electron chi connectivity index (χ2n) is 14.1. The van der Waals surface area contributed by atoms with Crippen LogP contribution in [0.2, 0.25) is 0 Å². The van der Waals surface area contributed by atoms with E-state index in [1.54, 1.807) is 5.56 Å². The van der Waals surface area contributed by atoms with Crippen LogP contribution < -0.4 is 18.6 Å². The zero-order chi connectivity index (χ0) is 34.7. The lowest BCUT2D eigenvalue weighted by Gasteiger charge is -2.17. The van der Waals surface area contributed by atoms with Gasteiger partial charge in [-0.3, -0.25) is 0 Å². The lowest BCUT2D eigenvalue weighted by atomic mass is 9.84. The van der Waals surface area contributed by atoms with Gasteiger partial charge in [-0.1, -0.05) is 171 Å². The van der Waals surface area contributed by atoms with Gasteiger partial charge in [0, 0.05) is 6.07 Å². The van der Waals surface area contributed by atoms with Crippen molar-refractivity contribution in [3.8, 4) is 11.3 Å². The third-order valence-electron chi connectivity index (χ3n) is 10.2. The molecule has 1 aromatic heterocycles. The van der Waals surface area contributed by atoms with Crippen molar-refractivity contribution in [2.45, 2.75) is 155 Å². The predicted molar refractivity (Wildman–Crippen MR) is 193 cm³/mol. The molecule has 0 fully saturated rings. The SMILES string of the molecule is CCCCCCCCCCCCCCCCCCCCCCc1c2c([o+]c3ccc4ccccc4c13)-c1ccccc1CC2.[O-][Cl+3]([O-])([O-])[O-]. The molecule has 0 atom stereocenters. The van der Waals surface area contributed by atoms with Crippen LogP contribution in [0.15, 0.2) is 65.1 Å². The maximum absolute atomic E-state index is 8.49. The Hall–Kier alpha value is -2.54. The summed E-state index contributed by atoms with van der Waals surface area (Å²) < 4.78 is 40.7. The number of hydrogen-bond donors (Lipinski definition) is 0. The van der Waals surface area contributed by atoms with E-state index in [1.165, 1.54) is 161 Å². The molecule has 5 rings (SSSR count). The van der Waals surface area contributed by atoms with E-state index in [0.29, 0.717) is 0 Å². The highest BCUT2D eigenvalue weighted by Crippen LogP contribution is 2.41. The van der Waals surface area contributed by atoms with Crippen LogP contribution in [0.25, 0.3) is 33.1 Å². The fourth-order valence-electron chi connectivity index (χ4n) is 7.64. The molecule has 0 bridgehead atoms. The first-order valence-electron chi connectivity index (χ1n) is 19.4. The minimum atomic E-state index is -4.94. The molecule has 4 aromatic rings. The first-order valence-corrected chi connectivity index (χ1v) is 20.6. The van der Waals surface area contributed by atoms with E-state index >= 15 is 0 Å². The topological polar surface area (TPSA) is 104 Å². The Balaban J connectivity index is 0.00000101. The van der Waals surface area contributed by atoms with E-state index < -0.39 is 10.2 Å². The molecule has 1 heterocycles. The van der Waals surface area contributed by atoms with Crippen LogP contribution in [-0.4, -0.2) is 0 Å². The standard InChI is InChI=1S/C43H59O.ClHO4/c1-2-3-4-5-6-7-8-9-10-11-12-13-14-15-16-17-18-19-20-21-30-39-40-33-31-36-27-23-25-29-38(36)43(40)44-41-34-32-35-26-22-24-28-37(35)42(39)41;2-1(3,4)5/h22-29,32,34H,2-21,30-31,33H2,1H3;(H,2,3,4,5)/q+1;/p-1. The highest BCUT2D eigenvalue weighted by molar-refractivity contribution is 6.08. The number of unbranched alkanes of at least 4 members (excludes halogenated alkanes) is 19. The average molecular weight is 691 g/mol. The Morgan fingerprint density at radius 1 is 0.551 bits per heavy atom. The molecule has 6 heteroatoms. The zero-order valence-electron chi connectivity index (χ0n) is 30.0. The van der Waals surface area contributed by atoms with Crippen LogP contribution in [0.3, 0.4) is 0 Å². The molecule has 0 saturated carbocycles. The molecule has 1 aliphatic carbocycles. The van der Waals surface area contributed by atoms with Gasteiger partial charge < -0.3 is 0 Å². The second-order valence-corrected chi connectivity index (χ2v) is 14.8. The fourth-order valence-corrected chi connectivity index (χ4v) is 7.64. The molecule has 49 heavy (non-hydrogen) atoms. The first kappa shape index (κ1) is 39.2. The number of hydrogen-bond acceptors (Lipinski definition) is 4. The van der Waals surface area contributed by atoms with Crippen LogP contribution in [0, 0.1) is 10.2 Å². The quantitative estimate of drug-likeness (QED) is 0.0493. The Morgan fingerprint density at radius 2 is 1.04 bits per heavy atom. The number of rotatable bonds is 21. The molecule has 3 aromatic carbocycles. The molecule has 1 aliphatic rings. The average Bonchev–Trinajstić information content (AvgIpc) is 3.09. The summed E-state index contributed by atoms with van der Waals surface area (Å²) >= 11 is 0. The summed E-state index contributed by atoms with van der Waals surface area (Å²) in [5.41, 5.74) is 6.78. The largest absolute Gasteiger partial charge is 0.364 e. The molecular weight excluding hydrogens is 632 g/mol. The van der Waals surface area contributed by atoms with E-state index in [1.807, 2.05) is 0 Å². The molecule has 0 N–H and O–H groups in total. The van der Waals surface area contributed by atoms with Gasteiger partial charge in [0.15, 0.2) is 0 Å². The molecule has 0 amide bonds. The van der Waals surface area contributed by atoms with Crippen LogP contribution >= 0.6 is 0 Å². The number of benzene rings is 3. The smallest absolute Gasteiger partial charge is 0.222 e. The van der Waals surface area contributed by atoms with Crippen LogP contribution in [0.1, 0.15) is 152 Å². The van der Waals surface area contributed by atoms with Gasteiger partial charge in [0.2, 0.25) is 0 Å². The summed E-state index contributed by atoms with van der Waals surface area (Å²) in [6, 6.07) is 22.1. The summed E-state index contributed by atoms with van der Waals surface area (Å²) in [6.07, 6.45) is 31.9. The Morgan fingerprint density at radius 3 is 1.61 bits per heavy atom. The van der Waals surface area contributed by atoms with Gasteiger partial charge in [0.05, 0.1) is 16.5 Å². The van der Waals surface area contributed by atoms with Crippen molar-refractivity contribution in [3.05, 3.63) is 77.4 Å². The van der Waals surface area contributed by atoms with Gasteiger partial charge in [0.25, 0.3) is 0 Å². The third-order valence-corrected chi connectivity index (χ3v) is 10.2. The predicted octanol–water partition coefficient (Wildman–Crippen LogP) is 9.24. The van der Waals surface area contributed by atoms with Gasteiger partial charge in [-0.15, -0.1) is 10.2 Å². The van der Waals surface area contributed by atoms with Crippen molar-refractivity contribution in [2.24, 2.45) is 0 Å². The van der Waals surface area contributed by atoms with E-state index in [0.717, 1.165) is 30.6 Å². The Bertz CT molecular complexity index is 1520. The van der Waals surface area contributed by atoms with Gasteiger partial charge in [-0.2, -0.15) is 0 Å². The maximum Gasteiger partial charge on any atom is 0.364 e. The zero-order valence-corrected chi connectivity index (χ0v) is 30.7. The normalized spacial score (nSPS) is 12.5. The summed E-state index contributed by atoms with van der Waals surface area (Å²) in [5.74, 6) is 1.12. The van der Waals surface area contributed by atoms with Crippen molar-refractivity contribution in [2.75, 3.05) is 0 Å². The summed E-state index contributed by atoms with van der Waals surface area (Å²) in [7, 11) is -4.94. The van der Waals surface area contributed by atoms with Crippen molar-refractivity contribution in [1.29, 1.82) is 0 Å². The second kappa shape index (κ2) is 21.6. The lowest BCUT2D eigenvalue weighted by Crippen LogP contribution is -2.68. The van der Waals surface area contributed by atoms with Crippen molar-refractivity contribution in [1.82, 2.24) is 0 Å². The highest BCUT2D eigenvalue weighted by atomic mass is 35.7. The number of aryl methyl sites for hydroxylation is 2.